The van der Waals surface area contributed by atoms with E-state index in [4.69, 9.17) is 18.9 Å². The average Bonchev–Trinajstić information content (AvgIpc) is 3.16. The Morgan fingerprint density at radius 3 is 1.97 bits per heavy atom. The van der Waals surface area contributed by atoms with Gasteiger partial charge in [-0.05, 0) is 30.2 Å². The molecule has 0 unspecified atom stereocenters. The van der Waals surface area contributed by atoms with Gasteiger partial charge in [0.25, 0.3) is 0 Å². The average molecular weight is 411 g/mol. The molecule has 1 aromatic carbocycles. The Labute approximate surface area is 169 Å². The maximum absolute atomic E-state index is 11.4. The predicted octanol–water partition coefficient (Wildman–Crippen LogP) is 4.64. The molecule has 0 fully saturated rings. The van der Waals surface area contributed by atoms with Crippen LogP contribution in [0.2, 0.25) is 0 Å². The highest BCUT2D eigenvalue weighted by molar-refractivity contribution is 6.03. The van der Waals surface area contributed by atoms with E-state index < -0.39 is 12.3 Å². The molecule has 0 aliphatic rings. The zero-order valence-electron chi connectivity index (χ0n) is 16.3. The van der Waals surface area contributed by atoms with Gasteiger partial charge in [0, 0.05) is 17.7 Å². The van der Waals surface area contributed by atoms with Crippen molar-refractivity contribution in [2.24, 2.45) is 0 Å². The highest BCUT2D eigenvalue weighted by Crippen LogP contribution is 2.49. The van der Waals surface area contributed by atoms with Crippen LogP contribution < -0.4 is 18.9 Å². The minimum Gasteiger partial charge on any atom is -0.497 e. The molecule has 0 spiro atoms. The third-order valence-corrected chi connectivity index (χ3v) is 4.91. The summed E-state index contributed by atoms with van der Waals surface area (Å²) < 4.78 is 22.2. The summed E-state index contributed by atoms with van der Waals surface area (Å²) in [5, 5.41) is 18.5. The van der Waals surface area contributed by atoms with Gasteiger partial charge < -0.3 is 33.6 Å². The van der Waals surface area contributed by atoms with Crippen molar-refractivity contribution in [1.82, 2.24) is 4.40 Å². The van der Waals surface area contributed by atoms with E-state index in [0.29, 0.717) is 33.6 Å². The van der Waals surface area contributed by atoms with Crippen molar-refractivity contribution < 1.29 is 38.7 Å². The maximum atomic E-state index is 11.4. The lowest BCUT2D eigenvalue weighted by Gasteiger charge is -2.08. The standard InChI is InChI=1S/C21H17NO8/c1-10-14-8-13(28-3)9-15-18(29-20(23)24)19(30-21(25)26)17(22(14)15)16(10)11-4-6-12(27-2)7-5-11/h4-9H,1-3H3,(H,23,24)(H,25,26). The van der Waals surface area contributed by atoms with Crippen molar-refractivity contribution in [3.8, 4) is 34.1 Å². The Kier molecular flexibility index (Phi) is 4.50. The molecule has 0 aliphatic heterocycles. The fourth-order valence-electron chi connectivity index (χ4n) is 3.71. The number of ether oxygens (including phenoxy) is 4. The SMILES string of the molecule is COc1ccc(-c2c(C)c3cc(OC)cc4c(OC(=O)O)c(OC(=O)O)c2n34)cc1. The van der Waals surface area contributed by atoms with Crippen LogP contribution in [-0.2, 0) is 0 Å². The van der Waals surface area contributed by atoms with Gasteiger partial charge in [0.05, 0.1) is 25.3 Å². The van der Waals surface area contributed by atoms with E-state index in [1.807, 2.05) is 19.1 Å². The third-order valence-electron chi connectivity index (χ3n) is 4.91. The minimum absolute atomic E-state index is 0.206. The Hall–Kier alpha value is -4.14. The molecule has 3 heterocycles. The number of hydrogen-bond donors (Lipinski definition) is 2. The van der Waals surface area contributed by atoms with E-state index in [1.54, 1.807) is 35.8 Å². The van der Waals surface area contributed by atoms with Crippen molar-refractivity contribution in [3.63, 3.8) is 0 Å². The van der Waals surface area contributed by atoms with E-state index in [2.05, 4.69) is 0 Å². The number of nitrogens with zero attached hydrogens (tertiary/aromatic N) is 1. The Balaban J connectivity index is 2.15. The second-order valence-corrected chi connectivity index (χ2v) is 6.47. The molecule has 9 nitrogen and oxygen atoms in total. The normalized spacial score (nSPS) is 11.0. The number of aryl methyl sites for hydroxylation is 1. The van der Waals surface area contributed by atoms with E-state index in [-0.39, 0.29) is 11.5 Å². The van der Waals surface area contributed by atoms with Gasteiger partial charge in [-0.3, -0.25) is 0 Å². The topological polar surface area (TPSA) is 116 Å². The van der Waals surface area contributed by atoms with Crippen LogP contribution >= 0.6 is 0 Å². The minimum atomic E-state index is -1.60. The van der Waals surface area contributed by atoms with E-state index in [0.717, 1.165) is 11.1 Å². The number of benzene rings is 1. The molecule has 0 radical (unpaired) electrons. The number of carboxylic acid groups (broad SMARTS) is 2. The lowest BCUT2D eigenvalue weighted by Crippen LogP contribution is -2.07. The Morgan fingerprint density at radius 1 is 0.833 bits per heavy atom. The van der Waals surface area contributed by atoms with Gasteiger partial charge in [0.2, 0.25) is 11.5 Å². The van der Waals surface area contributed by atoms with Gasteiger partial charge in [0.15, 0.2) is 0 Å². The molecular weight excluding hydrogens is 394 g/mol. The molecule has 0 bridgehead atoms. The van der Waals surface area contributed by atoms with Crippen LogP contribution in [0.5, 0.6) is 23.0 Å². The molecule has 0 aliphatic carbocycles. The van der Waals surface area contributed by atoms with Gasteiger partial charge in [0.1, 0.15) is 17.0 Å². The third kappa shape index (κ3) is 2.87. The molecule has 154 valence electrons. The lowest BCUT2D eigenvalue weighted by atomic mass is 10.0. The first-order valence-corrected chi connectivity index (χ1v) is 8.79. The molecular formula is C21H17NO8. The fraction of sp³-hybridized carbons (Fsp3) is 0.143. The fourth-order valence-corrected chi connectivity index (χ4v) is 3.71. The summed E-state index contributed by atoms with van der Waals surface area (Å²) in [5.74, 6) is 0.682. The van der Waals surface area contributed by atoms with E-state index >= 15 is 0 Å². The van der Waals surface area contributed by atoms with Crippen molar-refractivity contribution >= 4 is 28.9 Å². The van der Waals surface area contributed by atoms with Crippen LogP contribution in [0.1, 0.15) is 5.56 Å². The second-order valence-electron chi connectivity index (χ2n) is 6.47. The summed E-state index contributed by atoms with van der Waals surface area (Å²) >= 11 is 0. The number of aromatic nitrogens is 1. The molecule has 9 heteroatoms. The molecule has 0 amide bonds. The van der Waals surface area contributed by atoms with Crippen molar-refractivity contribution in [2.75, 3.05) is 14.2 Å². The Bertz CT molecular complexity index is 1270. The van der Waals surface area contributed by atoms with E-state index in [1.165, 1.54) is 7.11 Å². The van der Waals surface area contributed by atoms with Gasteiger partial charge >= 0.3 is 12.3 Å². The molecule has 3 aromatic heterocycles. The van der Waals surface area contributed by atoms with Crippen molar-refractivity contribution in [2.45, 2.75) is 6.92 Å². The van der Waals surface area contributed by atoms with Crippen LogP contribution in [0.25, 0.3) is 27.7 Å². The quantitative estimate of drug-likeness (QED) is 0.457. The largest absolute Gasteiger partial charge is 0.511 e. The van der Waals surface area contributed by atoms with Crippen LogP contribution in [0, 0.1) is 6.92 Å². The molecule has 2 N–H and O–H groups in total. The van der Waals surface area contributed by atoms with Crippen molar-refractivity contribution in [1.29, 1.82) is 0 Å². The second kappa shape index (κ2) is 7.03. The molecule has 0 atom stereocenters. The van der Waals surface area contributed by atoms with Gasteiger partial charge in [-0.25, -0.2) is 9.59 Å². The molecule has 4 aromatic rings. The highest BCUT2D eigenvalue weighted by atomic mass is 16.7. The summed E-state index contributed by atoms with van der Waals surface area (Å²) in [6.45, 7) is 1.88. The zero-order chi connectivity index (χ0) is 21.6. The van der Waals surface area contributed by atoms with Gasteiger partial charge in [-0.2, -0.15) is 0 Å². The number of methoxy groups -OCH3 is 2. The molecule has 0 saturated heterocycles. The van der Waals surface area contributed by atoms with E-state index in [9.17, 15) is 19.8 Å². The number of hydrogen-bond acceptors (Lipinski definition) is 6. The monoisotopic (exact) mass is 411 g/mol. The van der Waals surface area contributed by atoms with Gasteiger partial charge in [-0.1, -0.05) is 12.1 Å². The molecule has 30 heavy (non-hydrogen) atoms. The van der Waals surface area contributed by atoms with Crippen LogP contribution in [0.3, 0.4) is 0 Å². The summed E-state index contributed by atoms with van der Waals surface area (Å²) in [7, 11) is 3.04. The van der Waals surface area contributed by atoms with Crippen LogP contribution in [-0.4, -0.2) is 41.1 Å². The first-order chi connectivity index (χ1) is 14.3. The summed E-state index contributed by atoms with van der Waals surface area (Å²) in [6.07, 6.45) is -3.19. The van der Waals surface area contributed by atoms with Crippen LogP contribution in [0.15, 0.2) is 36.4 Å². The zero-order valence-corrected chi connectivity index (χ0v) is 16.3. The number of pyridine rings is 1. The Morgan fingerprint density at radius 2 is 1.40 bits per heavy atom. The maximum Gasteiger partial charge on any atom is 0.511 e. The smallest absolute Gasteiger partial charge is 0.497 e. The summed E-state index contributed by atoms with van der Waals surface area (Å²) in [5.41, 5.74) is 3.65. The van der Waals surface area contributed by atoms with Gasteiger partial charge in [-0.15, -0.1) is 0 Å². The first-order valence-electron chi connectivity index (χ1n) is 8.79. The summed E-state index contributed by atoms with van der Waals surface area (Å²) in [4.78, 5) is 22.7. The van der Waals surface area contributed by atoms with Crippen molar-refractivity contribution in [3.05, 3.63) is 42.0 Å². The summed E-state index contributed by atoms with van der Waals surface area (Å²) in [6, 6.07) is 10.5. The molecule has 0 saturated carbocycles. The van der Waals surface area contributed by atoms with Crippen LogP contribution in [0.4, 0.5) is 9.59 Å². The molecule has 4 rings (SSSR count). The number of rotatable bonds is 5. The number of carbonyl (C=O) groups is 2. The first kappa shape index (κ1) is 19.2. The predicted molar refractivity (Wildman–Crippen MR) is 107 cm³/mol. The highest BCUT2D eigenvalue weighted by Gasteiger charge is 2.30. The lowest BCUT2D eigenvalue weighted by molar-refractivity contribution is 0.134.